The molecule has 13 heavy (non-hydrogen) atoms. The molecule has 1 N–H and O–H groups in total. The third-order valence-electron chi connectivity index (χ3n) is 1.85. The number of rotatable bonds is 2. The largest absolute Gasteiger partial charge is 0.356 e. The summed E-state index contributed by atoms with van der Waals surface area (Å²) in [7, 11) is 0. The van der Waals surface area contributed by atoms with Gasteiger partial charge in [-0.3, -0.25) is 4.79 Å². The predicted molar refractivity (Wildman–Crippen MR) is 53.7 cm³/mol. The summed E-state index contributed by atoms with van der Waals surface area (Å²) in [6.07, 6.45) is 1.55. The van der Waals surface area contributed by atoms with Crippen LogP contribution in [-0.4, -0.2) is 30.2 Å². The highest BCUT2D eigenvalue weighted by molar-refractivity contribution is 8.13. The molecule has 0 aromatic rings. The van der Waals surface area contributed by atoms with Gasteiger partial charge in [-0.25, -0.2) is 4.99 Å². The number of nitrogens with zero attached hydrogens (tertiary/aromatic N) is 1. The number of carbonyl (C=O) groups is 1. The van der Waals surface area contributed by atoms with Crippen molar-refractivity contribution in [2.24, 2.45) is 10.9 Å². The van der Waals surface area contributed by atoms with E-state index in [9.17, 15) is 4.79 Å². The number of carbonyl (C=O) groups excluding carboxylic acids is 1. The van der Waals surface area contributed by atoms with Gasteiger partial charge in [-0.15, -0.1) is 0 Å². The Hall–Kier alpha value is -0.550. The summed E-state index contributed by atoms with van der Waals surface area (Å²) in [5.41, 5.74) is 0. The lowest BCUT2D eigenvalue weighted by Crippen LogP contribution is -2.44. The van der Waals surface area contributed by atoms with Gasteiger partial charge >= 0.3 is 0 Å². The van der Waals surface area contributed by atoms with Gasteiger partial charge in [0.1, 0.15) is 0 Å². The zero-order valence-electron chi connectivity index (χ0n) is 8.03. The molecule has 1 heterocycles. The van der Waals surface area contributed by atoms with E-state index in [1.54, 1.807) is 0 Å². The highest BCUT2D eigenvalue weighted by atomic mass is 32.2. The van der Waals surface area contributed by atoms with Crippen molar-refractivity contribution >= 4 is 22.8 Å². The fourth-order valence-electron chi connectivity index (χ4n) is 1.06. The summed E-state index contributed by atoms with van der Waals surface area (Å²) in [5.74, 6) is -0.214. The molecule has 2 atom stereocenters. The zero-order valence-corrected chi connectivity index (χ0v) is 8.85. The molecule has 1 aliphatic heterocycles. The van der Waals surface area contributed by atoms with Crippen molar-refractivity contribution in [2.45, 2.75) is 20.1 Å². The van der Waals surface area contributed by atoms with Crippen LogP contribution in [0.2, 0.25) is 0 Å². The number of hydrogen-bond acceptors (Lipinski definition) is 4. The molecule has 1 aliphatic rings. The zero-order chi connectivity index (χ0) is 9.84. The summed E-state index contributed by atoms with van der Waals surface area (Å²) in [6.45, 7) is 4.29. The Morgan fingerprint density at radius 2 is 2.38 bits per heavy atom. The maximum atomic E-state index is 11.4. The lowest BCUT2D eigenvalue weighted by Gasteiger charge is -2.25. The van der Waals surface area contributed by atoms with Crippen molar-refractivity contribution in [3.8, 4) is 0 Å². The van der Waals surface area contributed by atoms with Crippen LogP contribution in [0.5, 0.6) is 0 Å². The van der Waals surface area contributed by atoms with Crippen LogP contribution in [0.15, 0.2) is 4.99 Å². The van der Waals surface area contributed by atoms with Crippen LogP contribution >= 0.6 is 11.8 Å². The Balaban J connectivity index is 2.73. The second-order valence-electron chi connectivity index (χ2n) is 2.76. The van der Waals surface area contributed by atoms with Crippen LogP contribution in [0, 0.1) is 5.92 Å². The van der Waals surface area contributed by atoms with Crippen molar-refractivity contribution in [3.63, 3.8) is 0 Å². The van der Waals surface area contributed by atoms with E-state index < -0.39 is 0 Å². The van der Waals surface area contributed by atoms with Crippen LogP contribution in [0.4, 0.5) is 0 Å². The van der Waals surface area contributed by atoms with Crippen LogP contribution in [-0.2, 0) is 9.53 Å². The smallest absolute Gasteiger partial charge is 0.233 e. The highest BCUT2D eigenvalue weighted by Gasteiger charge is 2.29. The maximum Gasteiger partial charge on any atom is 0.233 e. The molecule has 0 saturated carbocycles. The van der Waals surface area contributed by atoms with E-state index in [2.05, 4.69) is 10.3 Å². The Morgan fingerprint density at radius 1 is 1.69 bits per heavy atom. The lowest BCUT2D eigenvalue weighted by molar-refractivity contribution is -0.128. The summed E-state index contributed by atoms with van der Waals surface area (Å²) >= 11 is 1.42. The lowest BCUT2D eigenvalue weighted by atomic mass is 10.1. The van der Waals surface area contributed by atoms with Gasteiger partial charge in [-0.2, -0.15) is 0 Å². The molecule has 0 bridgehead atoms. The molecule has 1 amide bonds. The number of hydrogen-bond donors (Lipinski definition) is 1. The Kier molecular flexibility index (Phi) is 3.74. The number of nitrogens with one attached hydrogen (secondary N) is 1. The van der Waals surface area contributed by atoms with E-state index >= 15 is 0 Å². The molecule has 0 spiro atoms. The summed E-state index contributed by atoms with van der Waals surface area (Å²) in [4.78, 5) is 15.6. The normalized spacial score (nSPS) is 28.2. The first kappa shape index (κ1) is 10.5. The van der Waals surface area contributed by atoms with Gasteiger partial charge in [0.25, 0.3) is 0 Å². The minimum absolute atomic E-state index is 0.0159. The average molecular weight is 202 g/mol. The predicted octanol–water partition coefficient (Wildman–Crippen LogP) is 0.834. The molecular formula is C8H14N2O2S. The third-order valence-corrected chi connectivity index (χ3v) is 2.44. The third kappa shape index (κ3) is 2.45. The molecule has 0 aliphatic carbocycles. The van der Waals surface area contributed by atoms with Crippen LogP contribution in [0.3, 0.4) is 0 Å². The molecule has 1 rings (SSSR count). The summed E-state index contributed by atoms with van der Waals surface area (Å²) < 4.78 is 5.34. The topological polar surface area (TPSA) is 50.7 Å². The average Bonchev–Trinajstić information content (AvgIpc) is 2.13. The van der Waals surface area contributed by atoms with E-state index in [0.29, 0.717) is 11.8 Å². The Morgan fingerprint density at radius 3 is 2.92 bits per heavy atom. The van der Waals surface area contributed by atoms with Gasteiger partial charge in [0.2, 0.25) is 5.91 Å². The molecule has 0 aromatic heterocycles. The van der Waals surface area contributed by atoms with Crippen molar-refractivity contribution in [2.75, 3.05) is 12.9 Å². The monoisotopic (exact) mass is 202 g/mol. The quantitative estimate of drug-likeness (QED) is 0.721. The van der Waals surface area contributed by atoms with E-state index in [0.717, 1.165) is 0 Å². The van der Waals surface area contributed by atoms with Gasteiger partial charge in [-0.05, 0) is 20.1 Å². The summed E-state index contributed by atoms with van der Waals surface area (Å²) in [5, 5.41) is 3.34. The SMILES string of the molecule is CCOC1N=C(SC)NC(=O)C1C. The first-order chi connectivity index (χ1) is 6.19. The fraction of sp³-hybridized carbons (Fsp3) is 0.750. The number of aliphatic imine (C=N–C) groups is 1. The molecule has 4 nitrogen and oxygen atoms in total. The van der Waals surface area contributed by atoms with Crippen molar-refractivity contribution in [1.29, 1.82) is 0 Å². The van der Waals surface area contributed by atoms with Gasteiger partial charge in [0.15, 0.2) is 11.4 Å². The van der Waals surface area contributed by atoms with Crippen molar-refractivity contribution in [1.82, 2.24) is 5.32 Å². The summed E-state index contributed by atoms with van der Waals surface area (Å²) in [6, 6.07) is 0. The molecular weight excluding hydrogens is 188 g/mol. The number of ether oxygens (including phenoxy) is 1. The van der Waals surface area contributed by atoms with E-state index in [1.165, 1.54) is 11.8 Å². The Labute approximate surface area is 82.1 Å². The fourth-order valence-corrected chi connectivity index (χ4v) is 1.48. The van der Waals surface area contributed by atoms with Crippen molar-refractivity contribution < 1.29 is 9.53 Å². The first-order valence-corrected chi connectivity index (χ1v) is 5.45. The number of amides is 1. The maximum absolute atomic E-state index is 11.4. The molecule has 0 saturated heterocycles. The minimum Gasteiger partial charge on any atom is -0.356 e. The van der Waals surface area contributed by atoms with Gasteiger partial charge in [-0.1, -0.05) is 11.8 Å². The van der Waals surface area contributed by atoms with Crippen LogP contribution in [0.25, 0.3) is 0 Å². The molecule has 74 valence electrons. The van der Waals surface area contributed by atoms with Gasteiger partial charge in [0, 0.05) is 6.61 Å². The van der Waals surface area contributed by atoms with Crippen LogP contribution < -0.4 is 5.32 Å². The van der Waals surface area contributed by atoms with Gasteiger partial charge < -0.3 is 10.1 Å². The molecule has 0 aromatic carbocycles. The number of amidine groups is 1. The Bertz CT molecular complexity index is 230. The second-order valence-corrected chi connectivity index (χ2v) is 3.56. The second kappa shape index (κ2) is 4.62. The highest BCUT2D eigenvalue weighted by Crippen LogP contribution is 2.16. The molecule has 0 fully saturated rings. The minimum atomic E-state index is -0.318. The van der Waals surface area contributed by atoms with Gasteiger partial charge in [0.05, 0.1) is 5.92 Å². The number of thioether (sulfide) groups is 1. The van der Waals surface area contributed by atoms with E-state index in [1.807, 2.05) is 20.1 Å². The molecule has 5 heteroatoms. The van der Waals surface area contributed by atoms with E-state index in [4.69, 9.17) is 4.74 Å². The van der Waals surface area contributed by atoms with Crippen molar-refractivity contribution in [3.05, 3.63) is 0 Å². The van der Waals surface area contributed by atoms with Crippen LogP contribution in [0.1, 0.15) is 13.8 Å². The molecule has 0 radical (unpaired) electrons. The first-order valence-electron chi connectivity index (χ1n) is 4.23. The van der Waals surface area contributed by atoms with E-state index in [-0.39, 0.29) is 18.1 Å². The standard InChI is InChI=1S/C8H14N2O2S/c1-4-12-7-5(2)6(11)9-8(10-7)13-3/h5,7H,4H2,1-3H3,(H,9,10,11). The molecule has 2 unspecified atom stereocenters.